The summed E-state index contributed by atoms with van der Waals surface area (Å²) in [5.74, 6) is -0.538. The second-order valence-electron chi connectivity index (χ2n) is 6.04. The van der Waals surface area contributed by atoms with Gasteiger partial charge in [-0.2, -0.15) is 4.31 Å². The zero-order valence-corrected chi connectivity index (χ0v) is 16.4. The van der Waals surface area contributed by atoms with Gasteiger partial charge in [-0.1, -0.05) is 13.8 Å². The van der Waals surface area contributed by atoms with Crippen LogP contribution in [0.5, 0.6) is 11.5 Å². The standard InChI is InChI=1S/C19H21FN2O5S/c1-3-22(4-2)28(24,25)14-6-7-16(20)15(12-14)19(23)21-13-5-8-17-18(11-13)27-10-9-26-17/h5-8,11-12H,3-4,9-10H2,1-2H3,(H,21,23). The fourth-order valence-corrected chi connectivity index (χ4v) is 4.36. The summed E-state index contributed by atoms with van der Waals surface area (Å²) >= 11 is 0. The molecule has 1 heterocycles. The molecule has 0 aromatic heterocycles. The fraction of sp³-hybridized carbons (Fsp3) is 0.316. The summed E-state index contributed by atoms with van der Waals surface area (Å²) in [6, 6.07) is 8.00. The minimum absolute atomic E-state index is 0.134. The van der Waals surface area contributed by atoms with Crippen molar-refractivity contribution in [3.63, 3.8) is 0 Å². The Balaban J connectivity index is 1.88. The third kappa shape index (κ3) is 3.95. The highest BCUT2D eigenvalue weighted by Gasteiger charge is 2.24. The lowest BCUT2D eigenvalue weighted by Crippen LogP contribution is -2.31. The van der Waals surface area contributed by atoms with Crippen molar-refractivity contribution in [3.8, 4) is 11.5 Å². The number of halogens is 1. The molecule has 0 atom stereocenters. The number of hydrogen-bond donors (Lipinski definition) is 1. The number of sulfonamides is 1. The van der Waals surface area contributed by atoms with Crippen molar-refractivity contribution < 1.29 is 27.1 Å². The second-order valence-corrected chi connectivity index (χ2v) is 7.98. The number of hydrogen-bond acceptors (Lipinski definition) is 5. The minimum atomic E-state index is -3.81. The molecule has 1 N–H and O–H groups in total. The number of amides is 1. The third-order valence-electron chi connectivity index (χ3n) is 4.33. The Hall–Kier alpha value is -2.65. The zero-order valence-electron chi connectivity index (χ0n) is 15.6. The molecule has 2 aromatic carbocycles. The van der Waals surface area contributed by atoms with Crippen LogP contribution in [-0.2, 0) is 10.0 Å². The fourth-order valence-electron chi connectivity index (χ4n) is 2.87. The van der Waals surface area contributed by atoms with Crippen LogP contribution < -0.4 is 14.8 Å². The molecule has 150 valence electrons. The molecule has 0 aliphatic carbocycles. The number of carbonyl (C=O) groups is 1. The predicted molar refractivity (Wildman–Crippen MR) is 102 cm³/mol. The average Bonchev–Trinajstić information content (AvgIpc) is 2.68. The monoisotopic (exact) mass is 408 g/mol. The van der Waals surface area contributed by atoms with E-state index >= 15 is 0 Å². The van der Waals surface area contributed by atoms with Crippen molar-refractivity contribution in [2.24, 2.45) is 0 Å². The van der Waals surface area contributed by atoms with Gasteiger partial charge in [-0.15, -0.1) is 0 Å². The van der Waals surface area contributed by atoms with Crippen molar-refractivity contribution in [3.05, 3.63) is 47.8 Å². The normalized spacial score (nSPS) is 13.4. The van der Waals surface area contributed by atoms with Crippen molar-refractivity contribution in [2.75, 3.05) is 31.6 Å². The van der Waals surface area contributed by atoms with E-state index in [-0.39, 0.29) is 23.5 Å². The van der Waals surface area contributed by atoms with Gasteiger partial charge in [0.25, 0.3) is 5.91 Å². The van der Waals surface area contributed by atoms with E-state index in [4.69, 9.17) is 9.47 Å². The minimum Gasteiger partial charge on any atom is -0.486 e. The molecule has 0 bridgehead atoms. The zero-order chi connectivity index (χ0) is 20.3. The summed E-state index contributed by atoms with van der Waals surface area (Å²) in [6.07, 6.45) is 0. The Morgan fingerprint density at radius 3 is 2.43 bits per heavy atom. The van der Waals surface area contributed by atoms with Crippen LogP contribution >= 0.6 is 0 Å². The topological polar surface area (TPSA) is 84.9 Å². The Bertz CT molecular complexity index is 990. The van der Waals surface area contributed by atoms with Crippen molar-refractivity contribution in [1.82, 2.24) is 4.31 Å². The van der Waals surface area contributed by atoms with E-state index in [0.29, 0.717) is 30.4 Å². The maximum absolute atomic E-state index is 14.2. The number of fused-ring (bicyclic) bond motifs is 1. The van der Waals surface area contributed by atoms with Crippen LogP contribution in [0.4, 0.5) is 10.1 Å². The maximum Gasteiger partial charge on any atom is 0.258 e. The van der Waals surface area contributed by atoms with Crippen LogP contribution in [0.15, 0.2) is 41.3 Å². The Morgan fingerprint density at radius 2 is 1.75 bits per heavy atom. The van der Waals surface area contributed by atoms with Crippen LogP contribution in [0, 0.1) is 5.82 Å². The molecule has 0 fully saturated rings. The smallest absolute Gasteiger partial charge is 0.258 e. The molecule has 2 aromatic rings. The molecule has 28 heavy (non-hydrogen) atoms. The number of ether oxygens (including phenoxy) is 2. The molecule has 0 spiro atoms. The van der Waals surface area contributed by atoms with Crippen LogP contribution in [0.25, 0.3) is 0 Å². The van der Waals surface area contributed by atoms with Gasteiger partial charge >= 0.3 is 0 Å². The van der Waals surface area contributed by atoms with Crippen molar-refractivity contribution in [2.45, 2.75) is 18.7 Å². The van der Waals surface area contributed by atoms with E-state index in [2.05, 4.69) is 5.32 Å². The molecule has 0 saturated carbocycles. The molecule has 3 rings (SSSR count). The van der Waals surface area contributed by atoms with Gasteiger partial charge < -0.3 is 14.8 Å². The van der Waals surface area contributed by atoms with E-state index < -0.39 is 21.7 Å². The van der Waals surface area contributed by atoms with E-state index in [1.54, 1.807) is 32.0 Å². The SMILES string of the molecule is CCN(CC)S(=O)(=O)c1ccc(F)c(C(=O)Nc2ccc3c(c2)OCCO3)c1. The molecule has 0 unspecified atom stereocenters. The molecule has 1 aliphatic rings. The van der Waals surface area contributed by atoms with Crippen LogP contribution in [-0.4, -0.2) is 44.9 Å². The number of nitrogens with zero attached hydrogens (tertiary/aromatic N) is 1. The van der Waals surface area contributed by atoms with Gasteiger partial charge in [0, 0.05) is 24.8 Å². The van der Waals surface area contributed by atoms with Gasteiger partial charge in [0.1, 0.15) is 19.0 Å². The lowest BCUT2D eigenvalue weighted by atomic mass is 10.2. The quantitative estimate of drug-likeness (QED) is 0.795. The Kier molecular flexibility index (Phi) is 5.85. The summed E-state index contributed by atoms with van der Waals surface area (Å²) in [6.45, 7) is 4.80. The number of rotatable bonds is 6. The van der Waals surface area contributed by atoms with Gasteiger partial charge in [0.05, 0.1) is 10.5 Å². The van der Waals surface area contributed by atoms with E-state index in [9.17, 15) is 17.6 Å². The van der Waals surface area contributed by atoms with Crippen LogP contribution in [0.1, 0.15) is 24.2 Å². The van der Waals surface area contributed by atoms with Crippen LogP contribution in [0.2, 0.25) is 0 Å². The third-order valence-corrected chi connectivity index (χ3v) is 6.37. The van der Waals surface area contributed by atoms with E-state index in [0.717, 1.165) is 18.2 Å². The molecule has 0 saturated heterocycles. The van der Waals surface area contributed by atoms with E-state index in [1.165, 1.54) is 4.31 Å². The summed E-state index contributed by atoms with van der Waals surface area (Å²) in [4.78, 5) is 12.4. The first-order chi connectivity index (χ1) is 13.4. The number of benzene rings is 2. The molecular formula is C19H21FN2O5S. The van der Waals surface area contributed by atoms with Crippen molar-refractivity contribution in [1.29, 1.82) is 0 Å². The second kappa shape index (κ2) is 8.15. The van der Waals surface area contributed by atoms with Gasteiger partial charge in [-0.25, -0.2) is 12.8 Å². The van der Waals surface area contributed by atoms with Gasteiger partial charge in [-0.3, -0.25) is 4.79 Å². The molecule has 1 aliphatic heterocycles. The summed E-state index contributed by atoms with van der Waals surface area (Å²) in [7, 11) is -3.81. The lowest BCUT2D eigenvalue weighted by molar-refractivity contribution is 0.102. The number of anilines is 1. The predicted octanol–water partition coefficient (Wildman–Crippen LogP) is 2.88. The Labute approximate surface area is 163 Å². The summed E-state index contributed by atoms with van der Waals surface area (Å²) in [5, 5.41) is 2.56. The highest BCUT2D eigenvalue weighted by molar-refractivity contribution is 7.89. The van der Waals surface area contributed by atoms with Crippen molar-refractivity contribution >= 4 is 21.6 Å². The molecule has 7 nitrogen and oxygen atoms in total. The highest BCUT2D eigenvalue weighted by atomic mass is 32.2. The van der Waals surface area contributed by atoms with Crippen LogP contribution in [0.3, 0.4) is 0 Å². The first-order valence-corrected chi connectivity index (χ1v) is 10.3. The number of nitrogens with one attached hydrogen (secondary N) is 1. The molecule has 9 heteroatoms. The largest absolute Gasteiger partial charge is 0.486 e. The highest BCUT2D eigenvalue weighted by Crippen LogP contribution is 2.32. The molecule has 0 radical (unpaired) electrons. The first-order valence-electron chi connectivity index (χ1n) is 8.87. The van der Waals surface area contributed by atoms with Gasteiger partial charge in [0.15, 0.2) is 11.5 Å². The first kappa shape index (κ1) is 20.1. The molecule has 1 amide bonds. The maximum atomic E-state index is 14.2. The van der Waals surface area contributed by atoms with Gasteiger partial charge in [-0.05, 0) is 30.3 Å². The Morgan fingerprint density at radius 1 is 1.07 bits per heavy atom. The lowest BCUT2D eigenvalue weighted by Gasteiger charge is -2.19. The number of carbonyl (C=O) groups excluding carboxylic acids is 1. The van der Waals surface area contributed by atoms with E-state index in [1.807, 2.05) is 0 Å². The van der Waals surface area contributed by atoms with Gasteiger partial charge in [0.2, 0.25) is 10.0 Å². The summed E-state index contributed by atoms with van der Waals surface area (Å²) < 4.78 is 51.6. The average molecular weight is 408 g/mol. The molecular weight excluding hydrogens is 387 g/mol. The summed E-state index contributed by atoms with van der Waals surface area (Å²) in [5.41, 5.74) is 0.0220.